The molecule has 1 fully saturated rings. The second-order valence-corrected chi connectivity index (χ2v) is 6.74. The van der Waals surface area contributed by atoms with E-state index in [9.17, 15) is 14.4 Å². The molecule has 0 spiro atoms. The fourth-order valence-corrected chi connectivity index (χ4v) is 3.30. The number of imide groups is 1. The van der Waals surface area contributed by atoms with Crippen molar-refractivity contribution in [2.24, 2.45) is 0 Å². The van der Waals surface area contributed by atoms with Crippen LogP contribution in [0.2, 0.25) is 0 Å². The van der Waals surface area contributed by atoms with Crippen molar-refractivity contribution in [3.63, 3.8) is 0 Å². The minimum absolute atomic E-state index is 0.102. The van der Waals surface area contributed by atoms with Gasteiger partial charge in [-0.25, -0.2) is 0 Å². The van der Waals surface area contributed by atoms with Gasteiger partial charge in [0.15, 0.2) is 0 Å². The van der Waals surface area contributed by atoms with Gasteiger partial charge in [-0.2, -0.15) is 0 Å². The van der Waals surface area contributed by atoms with Gasteiger partial charge in [0.2, 0.25) is 5.91 Å². The van der Waals surface area contributed by atoms with Gasteiger partial charge in [-0.15, -0.1) is 0 Å². The fourth-order valence-electron chi connectivity index (χ4n) is 2.44. The predicted octanol–water partition coefficient (Wildman–Crippen LogP) is 3.15. The smallest absolute Gasteiger partial charge is 0.293 e. The molecule has 0 radical (unpaired) electrons. The van der Waals surface area contributed by atoms with Crippen LogP contribution >= 0.6 is 11.8 Å². The van der Waals surface area contributed by atoms with Crippen LogP contribution < -0.4 is 10.1 Å². The highest BCUT2D eigenvalue weighted by molar-refractivity contribution is 8.18. The second-order valence-electron chi connectivity index (χ2n) is 5.75. The number of carbonyl (C=O) groups is 3. The molecule has 144 valence electrons. The van der Waals surface area contributed by atoms with E-state index in [2.05, 4.69) is 5.32 Å². The maximum Gasteiger partial charge on any atom is 0.293 e. The van der Waals surface area contributed by atoms with Gasteiger partial charge in [0.05, 0.1) is 18.3 Å². The van der Waals surface area contributed by atoms with E-state index in [4.69, 9.17) is 9.15 Å². The maximum atomic E-state index is 12.5. The number of rotatable bonds is 7. The van der Waals surface area contributed by atoms with Crippen LogP contribution in [0.4, 0.5) is 4.79 Å². The number of methoxy groups -OCH3 is 1. The molecule has 1 N–H and O–H groups in total. The Hall–Kier alpha value is -3.26. The van der Waals surface area contributed by atoms with Crippen molar-refractivity contribution in [1.82, 2.24) is 10.2 Å². The van der Waals surface area contributed by atoms with Crippen molar-refractivity contribution >= 4 is 41.0 Å². The number of thioether (sulfide) groups is 1. The van der Waals surface area contributed by atoms with Crippen molar-refractivity contribution in [2.45, 2.75) is 0 Å². The number of hydrogen-bond donors (Lipinski definition) is 1. The second kappa shape index (κ2) is 9.09. The van der Waals surface area contributed by atoms with Gasteiger partial charge in [0.1, 0.15) is 11.5 Å². The zero-order valence-corrected chi connectivity index (χ0v) is 15.9. The zero-order valence-electron chi connectivity index (χ0n) is 15.1. The van der Waals surface area contributed by atoms with Gasteiger partial charge in [0, 0.05) is 19.2 Å². The molecule has 1 aromatic carbocycles. The number of carbonyl (C=O) groups excluding carboxylic acids is 3. The Kier molecular flexibility index (Phi) is 6.33. The van der Waals surface area contributed by atoms with E-state index in [-0.39, 0.29) is 30.1 Å². The Morgan fingerprint density at radius 1 is 1.25 bits per heavy atom. The normalized spacial score (nSPS) is 15.6. The quantitative estimate of drug-likeness (QED) is 0.721. The van der Waals surface area contributed by atoms with Gasteiger partial charge in [-0.05, 0) is 53.7 Å². The van der Waals surface area contributed by atoms with Crippen LogP contribution in [0.1, 0.15) is 11.3 Å². The lowest BCUT2D eigenvalue weighted by Gasteiger charge is -2.12. The molecule has 0 unspecified atom stereocenters. The highest BCUT2D eigenvalue weighted by Gasteiger charge is 2.34. The summed E-state index contributed by atoms with van der Waals surface area (Å²) < 4.78 is 10.2. The molecular weight excluding hydrogens is 380 g/mol. The molecule has 0 bridgehead atoms. The van der Waals surface area contributed by atoms with Crippen LogP contribution in [0.3, 0.4) is 0 Å². The number of furan rings is 1. The summed E-state index contributed by atoms with van der Waals surface area (Å²) in [6.45, 7) is 0.264. The van der Waals surface area contributed by atoms with Gasteiger partial charge in [-0.3, -0.25) is 19.3 Å². The lowest BCUT2D eigenvalue weighted by molar-refractivity contribution is -0.123. The van der Waals surface area contributed by atoms with Gasteiger partial charge in [0.25, 0.3) is 11.1 Å². The first-order valence-electron chi connectivity index (χ1n) is 8.45. The third-order valence-corrected chi connectivity index (χ3v) is 4.77. The molecule has 28 heavy (non-hydrogen) atoms. The Labute approximate surface area is 166 Å². The van der Waals surface area contributed by atoms with E-state index >= 15 is 0 Å². The van der Waals surface area contributed by atoms with Crippen LogP contribution in [0.25, 0.3) is 12.2 Å². The Morgan fingerprint density at radius 3 is 2.71 bits per heavy atom. The number of nitrogens with zero attached hydrogens (tertiary/aromatic N) is 1. The molecule has 3 rings (SSSR count). The van der Waals surface area contributed by atoms with E-state index < -0.39 is 0 Å². The molecule has 0 aliphatic carbocycles. The standard InChI is InChI=1S/C20H18N2O5S/c1-26-15-6-4-14(5-7-15)13-17-19(24)22(20(25)28-17)11-10-21-18(23)9-8-16-3-2-12-27-16/h2-9,12-13H,10-11H2,1H3,(H,21,23)/b9-8+,17-13+. The Balaban J connectivity index is 1.53. The van der Waals surface area contributed by atoms with Crippen LogP contribution in [-0.4, -0.2) is 42.2 Å². The summed E-state index contributed by atoms with van der Waals surface area (Å²) in [4.78, 5) is 37.8. The van der Waals surface area contributed by atoms with Gasteiger partial charge in [-0.1, -0.05) is 12.1 Å². The van der Waals surface area contributed by atoms with Crippen molar-refractivity contribution in [1.29, 1.82) is 0 Å². The molecule has 1 aromatic heterocycles. The van der Waals surface area contributed by atoms with Crippen LogP contribution in [-0.2, 0) is 9.59 Å². The first-order chi connectivity index (χ1) is 13.6. The molecular formula is C20H18N2O5S. The van der Waals surface area contributed by atoms with E-state index in [0.717, 1.165) is 22.2 Å². The number of ether oxygens (including phenoxy) is 1. The van der Waals surface area contributed by atoms with Crippen molar-refractivity contribution in [3.05, 3.63) is 65.0 Å². The van der Waals surface area contributed by atoms with Crippen LogP contribution in [0, 0.1) is 0 Å². The largest absolute Gasteiger partial charge is 0.497 e. The topological polar surface area (TPSA) is 88.8 Å². The third kappa shape index (κ3) is 4.92. The van der Waals surface area contributed by atoms with Gasteiger partial charge >= 0.3 is 0 Å². The summed E-state index contributed by atoms with van der Waals surface area (Å²) in [5.74, 6) is 0.565. The van der Waals surface area contributed by atoms with Gasteiger partial charge < -0.3 is 14.5 Å². The summed E-state index contributed by atoms with van der Waals surface area (Å²) in [6.07, 6.45) is 6.04. The summed E-state index contributed by atoms with van der Waals surface area (Å²) in [7, 11) is 1.58. The molecule has 7 nitrogen and oxygen atoms in total. The molecule has 1 aliphatic rings. The number of amides is 3. The SMILES string of the molecule is COc1ccc(/C=C2/SC(=O)N(CCNC(=O)/C=C/c3ccco3)C2=O)cc1. The lowest BCUT2D eigenvalue weighted by Crippen LogP contribution is -2.36. The summed E-state index contributed by atoms with van der Waals surface area (Å²) in [6, 6.07) is 10.6. The maximum absolute atomic E-state index is 12.5. The van der Waals surface area contributed by atoms with Crippen LogP contribution in [0.15, 0.2) is 58.1 Å². The summed E-state index contributed by atoms with van der Waals surface area (Å²) in [5.41, 5.74) is 0.794. The van der Waals surface area contributed by atoms with E-state index in [1.165, 1.54) is 18.4 Å². The first-order valence-corrected chi connectivity index (χ1v) is 9.27. The van der Waals surface area contributed by atoms with Crippen molar-refractivity contribution in [2.75, 3.05) is 20.2 Å². The Bertz CT molecular complexity index is 917. The first kappa shape index (κ1) is 19.5. The highest BCUT2D eigenvalue weighted by atomic mass is 32.2. The fraction of sp³-hybridized carbons (Fsp3) is 0.150. The molecule has 8 heteroatoms. The molecule has 0 saturated carbocycles. The number of benzene rings is 1. The summed E-state index contributed by atoms with van der Waals surface area (Å²) >= 11 is 0.882. The molecule has 3 amide bonds. The average Bonchev–Trinajstić information content (AvgIpc) is 3.31. The number of nitrogens with one attached hydrogen (secondary N) is 1. The third-order valence-electron chi connectivity index (χ3n) is 3.86. The molecule has 0 atom stereocenters. The van der Waals surface area contributed by atoms with E-state index in [1.807, 2.05) is 0 Å². The minimum Gasteiger partial charge on any atom is -0.497 e. The lowest BCUT2D eigenvalue weighted by atomic mass is 10.2. The molecule has 2 heterocycles. The highest BCUT2D eigenvalue weighted by Crippen LogP contribution is 2.32. The Morgan fingerprint density at radius 2 is 2.04 bits per heavy atom. The average molecular weight is 398 g/mol. The molecule has 1 saturated heterocycles. The van der Waals surface area contributed by atoms with E-state index in [0.29, 0.717) is 16.4 Å². The van der Waals surface area contributed by atoms with Crippen LogP contribution in [0.5, 0.6) is 5.75 Å². The number of hydrogen-bond acceptors (Lipinski definition) is 6. The predicted molar refractivity (Wildman–Crippen MR) is 106 cm³/mol. The zero-order chi connectivity index (χ0) is 19.9. The minimum atomic E-state index is -0.369. The monoisotopic (exact) mass is 398 g/mol. The van der Waals surface area contributed by atoms with Crippen molar-refractivity contribution < 1.29 is 23.5 Å². The molecule has 1 aliphatic heterocycles. The van der Waals surface area contributed by atoms with Crippen molar-refractivity contribution in [3.8, 4) is 5.75 Å². The summed E-state index contributed by atoms with van der Waals surface area (Å²) in [5, 5.41) is 2.28. The molecule has 2 aromatic rings. The van der Waals surface area contributed by atoms with E-state index in [1.54, 1.807) is 49.6 Å².